The first-order chi connectivity index (χ1) is 7.19. The Morgan fingerprint density at radius 2 is 2.20 bits per heavy atom. The molecule has 1 aromatic carbocycles. The zero-order valence-electron chi connectivity index (χ0n) is 9.16. The van der Waals surface area contributed by atoms with Gasteiger partial charge in [-0.15, -0.1) is 11.8 Å². The molecule has 0 heterocycles. The Kier molecular flexibility index (Phi) is 5.51. The molecule has 1 atom stereocenters. The van der Waals surface area contributed by atoms with E-state index in [2.05, 4.69) is 13.8 Å². The SMILES string of the molecule is CCC(C)CSc1c(Cl)cccc1CO. The van der Waals surface area contributed by atoms with E-state index in [0.29, 0.717) is 5.92 Å². The highest BCUT2D eigenvalue weighted by molar-refractivity contribution is 7.99. The van der Waals surface area contributed by atoms with Crippen LogP contribution in [0.1, 0.15) is 25.8 Å². The van der Waals surface area contributed by atoms with Crippen molar-refractivity contribution in [3.63, 3.8) is 0 Å². The molecular weight excluding hydrogens is 228 g/mol. The highest BCUT2D eigenvalue weighted by Gasteiger charge is 2.08. The van der Waals surface area contributed by atoms with Crippen LogP contribution in [0.2, 0.25) is 5.02 Å². The summed E-state index contributed by atoms with van der Waals surface area (Å²) in [5.41, 5.74) is 0.927. The van der Waals surface area contributed by atoms with Crippen LogP contribution in [0.15, 0.2) is 23.1 Å². The van der Waals surface area contributed by atoms with E-state index >= 15 is 0 Å². The van der Waals surface area contributed by atoms with Gasteiger partial charge in [-0.05, 0) is 17.5 Å². The van der Waals surface area contributed by atoms with E-state index in [1.165, 1.54) is 6.42 Å². The fourth-order valence-electron chi connectivity index (χ4n) is 1.18. The lowest BCUT2D eigenvalue weighted by Gasteiger charge is -2.12. The highest BCUT2D eigenvalue weighted by atomic mass is 35.5. The number of thioether (sulfide) groups is 1. The summed E-state index contributed by atoms with van der Waals surface area (Å²) in [4.78, 5) is 1.03. The largest absolute Gasteiger partial charge is 0.392 e. The number of aliphatic hydroxyl groups excluding tert-OH is 1. The Morgan fingerprint density at radius 3 is 2.80 bits per heavy atom. The lowest BCUT2D eigenvalue weighted by atomic mass is 10.2. The Morgan fingerprint density at radius 1 is 1.47 bits per heavy atom. The summed E-state index contributed by atoms with van der Waals surface area (Å²) in [6.45, 7) is 4.47. The maximum absolute atomic E-state index is 9.19. The minimum atomic E-state index is 0.0589. The molecule has 0 saturated heterocycles. The van der Waals surface area contributed by atoms with E-state index in [4.69, 9.17) is 11.6 Å². The van der Waals surface area contributed by atoms with Gasteiger partial charge in [-0.25, -0.2) is 0 Å². The fraction of sp³-hybridized carbons (Fsp3) is 0.500. The highest BCUT2D eigenvalue weighted by Crippen LogP contribution is 2.32. The second-order valence-electron chi connectivity index (χ2n) is 3.71. The Bertz CT molecular complexity index is 314. The van der Waals surface area contributed by atoms with Crippen molar-refractivity contribution in [2.75, 3.05) is 5.75 Å². The molecular formula is C12H17ClOS. The summed E-state index contributed by atoms with van der Waals surface area (Å²) in [6, 6.07) is 5.67. The topological polar surface area (TPSA) is 20.2 Å². The third-order valence-electron chi connectivity index (χ3n) is 2.43. The van der Waals surface area contributed by atoms with E-state index in [0.717, 1.165) is 21.2 Å². The lowest BCUT2D eigenvalue weighted by molar-refractivity contribution is 0.279. The molecule has 0 saturated carbocycles. The van der Waals surface area contributed by atoms with E-state index in [9.17, 15) is 5.11 Å². The summed E-state index contributed by atoms with van der Waals surface area (Å²) in [7, 11) is 0. The number of hydrogen-bond donors (Lipinski definition) is 1. The smallest absolute Gasteiger partial charge is 0.0693 e. The summed E-state index contributed by atoms with van der Waals surface area (Å²) >= 11 is 7.84. The third-order valence-corrected chi connectivity index (χ3v) is 4.36. The van der Waals surface area contributed by atoms with Gasteiger partial charge in [0.15, 0.2) is 0 Å². The van der Waals surface area contributed by atoms with E-state index in [1.54, 1.807) is 11.8 Å². The first kappa shape index (κ1) is 12.9. The van der Waals surface area contributed by atoms with Crippen LogP contribution in [0.25, 0.3) is 0 Å². The van der Waals surface area contributed by atoms with E-state index < -0.39 is 0 Å². The fourth-order valence-corrected chi connectivity index (χ4v) is 2.75. The molecule has 1 rings (SSSR count). The van der Waals surface area contributed by atoms with Gasteiger partial charge < -0.3 is 5.11 Å². The molecule has 0 aliphatic carbocycles. The van der Waals surface area contributed by atoms with Gasteiger partial charge in [0.05, 0.1) is 11.6 Å². The monoisotopic (exact) mass is 244 g/mol. The van der Waals surface area contributed by atoms with Crippen LogP contribution in [0.5, 0.6) is 0 Å². The molecule has 0 bridgehead atoms. The standard InChI is InChI=1S/C12H17ClOS/c1-3-9(2)8-15-12-10(7-14)5-4-6-11(12)13/h4-6,9,14H,3,7-8H2,1-2H3. The van der Waals surface area contributed by atoms with Gasteiger partial charge in [-0.2, -0.15) is 0 Å². The van der Waals surface area contributed by atoms with Crippen molar-refractivity contribution < 1.29 is 5.11 Å². The van der Waals surface area contributed by atoms with E-state index in [-0.39, 0.29) is 6.61 Å². The van der Waals surface area contributed by atoms with Gasteiger partial charge in [0.25, 0.3) is 0 Å². The van der Waals surface area contributed by atoms with Crippen molar-refractivity contribution >= 4 is 23.4 Å². The van der Waals surface area contributed by atoms with Crippen molar-refractivity contribution in [1.29, 1.82) is 0 Å². The zero-order valence-corrected chi connectivity index (χ0v) is 10.7. The van der Waals surface area contributed by atoms with Crippen molar-refractivity contribution in [1.82, 2.24) is 0 Å². The quantitative estimate of drug-likeness (QED) is 0.791. The Labute approximate surface area is 101 Å². The summed E-state index contributed by atoms with van der Waals surface area (Å²) < 4.78 is 0. The molecule has 0 aliphatic heterocycles. The van der Waals surface area contributed by atoms with Crippen molar-refractivity contribution in [3.05, 3.63) is 28.8 Å². The minimum Gasteiger partial charge on any atom is -0.392 e. The first-order valence-corrected chi connectivity index (χ1v) is 6.56. The number of benzene rings is 1. The maximum Gasteiger partial charge on any atom is 0.0693 e. The molecule has 84 valence electrons. The molecule has 0 aliphatic rings. The van der Waals surface area contributed by atoms with Gasteiger partial charge in [0.2, 0.25) is 0 Å². The van der Waals surface area contributed by atoms with Crippen LogP contribution in [-0.2, 0) is 6.61 Å². The van der Waals surface area contributed by atoms with Crippen LogP contribution < -0.4 is 0 Å². The van der Waals surface area contributed by atoms with Crippen LogP contribution in [0.4, 0.5) is 0 Å². The van der Waals surface area contributed by atoms with Crippen molar-refractivity contribution in [2.24, 2.45) is 5.92 Å². The molecule has 0 fully saturated rings. The minimum absolute atomic E-state index is 0.0589. The number of rotatable bonds is 5. The average molecular weight is 245 g/mol. The third kappa shape index (κ3) is 3.71. The average Bonchev–Trinajstić information content (AvgIpc) is 2.26. The lowest BCUT2D eigenvalue weighted by Crippen LogP contribution is -1.97. The molecule has 15 heavy (non-hydrogen) atoms. The number of hydrogen-bond acceptors (Lipinski definition) is 2. The number of halogens is 1. The Balaban J connectivity index is 2.74. The molecule has 3 heteroatoms. The Hall–Kier alpha value is -0.180. The van der Waals surface area contributed by atoms with Gasteiger partial charge in [0.1, 0.15) is 0 Å². The molecule has 0 spiro atoms. The van der Waals surface area contributed by atoms with Crippen LogP contribution >= 0.6 is 23.4 Å². The summed E-state index contributed by atoms with van der Waals surface area (Å²) in [5.74, 6) is 1.73. The molecule has 1 unspecified atom stereocenters. The summed E-state index contributed by atoms with van der Waals surface area (Å²) in [5, 5.41) is 9.94. The zero-order chi connectivity index (χ0) is 11.3. The van der Waals surface area contributed by atoms with Crippen LogP contribution in [-0.4, -0.2) is 10.9 Å². The second-order valence-corrected chi connectivity index (χ2v) is 5.15. The normalized spacial score (nSPS) is 12.8. The number of aliphatic hydroxyl groups is 1. The van der Waals surface area contributed by atoms with Gasteiger partial charge in [-0.3, -0.25) is 0 Å². The molecule has 0 amide bonds. The van der Waals surface area contributed by atoms with Gasteiger partial charge in [-0.1, -0.05) is 44.0 Å². The molecule has 1 nitrogen and oxygen atoms in total. The molecule has 1 aromatic rings. The second kappa shape index (κ2) is 6.41. The van der Waals surface area contributed by atoms with Crippen molar-refractivity contribution in [3.8, 4) is 0 Å². The molecule has 1 N–H and O–H groups in total. The first-order valence-electron chi connectivity index (χ1n) is 5.20. The predicted molar refractivity (Wildman–Crippen MR) is 67.6 cm³/mol. The van der Waals surface area contributed by atoms with Crippen LogP contribution in [0, 0.1) is 5.92 Å². The van der Waals surface area contributed by atoms with Gasteiger partial charge in [0, 0.05) is 10.6 Å². The molecule has 0 radical (unpaired) electrons. The molecule has 0 aromatic heterocycles. The maximum atomic E-state index is 9.19. The predicted octanol–water partition coefficient (Wildman–Crippen LogP) is 3.97. The van der Waals surface area contributed by atoms with E-state index in [1.807, 2.05) is 18.2 Å². The van der Waals surface area contributed by atoms with Gasteiger partial charge >= 0.3 is 0 Å². The van der Waals surface area contributed by atoms with Crippen molar-refractivity contribution in [2.45, 2.75) is 31.8 Å². The van der Waals surface area contributed by atoms with Crippen LogP contribution in [0.3, 0.4) is 0 Å². The summed E-state index contributed by atoms with van der Waals surface area (Å²) in [6.07, 6.45) is 1.17.